The van der Waals surface area contributed by atoms with E-state index in [-0.39, 0.29) is 11.6 Å². The van der Waals surface area contributed by atoms with E-state index in [1.54, 1.807) is 29.6 Å². The zero-order valence-corrected chi connectivity index (χ0v) is 21.1. The first-order valence-corrected chi connectivity index (χ1v) is 12.4. The SMILES string of the molecule is COc1cc(CNCCSc2nnnn2-c2ccccc2)cc(Cl)c1OCc1ccc(F)cc1Cl. The number of halogens is 3. The molecule has 0 spiro atoms. The number of nitrogens with zero attached hydrogens (tertiary/aromatic N) is 4. The smallest absolute Gasteiger partial charge is 0.214 e. The van der Waals surface area contributed by atoms with Crippen LogP contribution < -0.4 is 14.8 Å². The highest BCUT2D eigenvalue weighted by molar-refractivity contribution is 7.99. The number of tetrazole rings is 1. The summed E-state index contributed by atoms with van der Waals surface area (Å²) in [7, 11) is 1.55. The molecule has 4 aromatic rings. The van der Waals surface area contributed by atoms with Crippen molar-refractivity contribution in [3.63, 3.8) is 0 Å². The van der Waals surface area contributed by atoms with Gasteiger partial charge in [0.2, 0.25) is 5.16 Å². The Morgan fingerprint density at radius 3 is 2.66 bits per heavy atom. The molecule has 0 aliphatic rings. The summed E-state index contributed by atoms with van der Waals surface area (Å²) in [6.45, 7) is 1.45. The van der Waals surface area contributed by atoms with E-state index in [1.807, 2.05) is 42.5 Å². The molecule has 0 saturated heterocycles. The minimum Gasteiger partial charge on any atom is -0.493 e. The number of para-hydroxylation sites is 1. The Labute approximate surface area is 216 Å². The molecular formula is C24H22Cl2FN5O2S. The molecule has 1 aromatic heterocycles. The summed E-state index contributed by atoms with van der Waals surface area (Å²) in [5.41, 5.74) is 2.50. The van der Waals surface area contributed by atoms with Crippen molar-refractivity contribution in [1.82, 2.24) is 25.5 Å². The second-order valence-electron chi connectivity index (χ2n) is 7.37. The maximum absolute atomic E-state index is 13.3. The number of hydrogen-bond acceptors (Lipinski definition) is 7. The van der Waals surface area contributed by atoms with Crippen molar-refractivity contribution in [1.29, 1.82) is 0 Å². The predicted molar refractivity (Wildman–Crippen MR) is 135 cm³/mol. The lowest BCUT2D eigenvalue weighted by molar-refractivity contribution is 0.284. The van der Waals surface area contributed by atoms with Crippen LogP contribution >= 0.6 is 35.0 Å². The predicted octanol–water partition coefficient (Wildman–Crippen LogP) is 5.58. The van der Waals surface area contributed by atoms with E-state index in [4.69, 9.17) is 32.7 Å². The fourth-order valence-electron chi connectivity index (χ4n) is 3.25. The molecule has 0 radical (unpaired) electrons. The number of methoxy groups -OCH3 is 1. The Morgan fingerprint density at radius 1 is 1.06 bits per heavy atom. The minimum atomic E-state index is -0.403. The highest BCUT2D eigenvalue weighted by Gasteiger charge is 2.14. The summed E-state index contributed by atoms with van der Waals surface area (Å²) in [5.74, 6) is 1.28. The number of rotatable bonds is 11. The Morgan fingerprint density at radius 2 is 1.89 bits per heavy atom. The van der Waals surface area contributed by atoms with Gasteiger partial charge in [0.25, 0.3) is 0 Å². The van der Waals surface area contributed by atoms with Crippen LogP contribution in [0.5, 0.6) is 11.5 Å². The Bertz CT molecular complexity index is 1280. The Kier molecular flexibility index (Phi) is 8.81. The molecule has 1 heterocycles. The molecule has 0 fully saturated rings. The van der Waals surface area contributed by atoms with Gasteiger partial charge in [-0.1, -0.05) is 59.2 Å². The van der Waals surface area contributed by atoms with Crippen molar-refractivity contribution >= 4 is 35.0 Å². The molecule has 0 atom stereocenters. The normalized spacial score (nSPS) is 11.0. The molecule has 0 aliphatic heterocycles. The zero-order valence-electron chi connectivity index (χ0n) is 18.7. The molecule has 182 valence electrons. The average Bonchev–Trinajstić information content (AvgIpc) is 3.33. The lowest BCUT2D eigenvalue weighted by Gasteiger charge is -2.15. The van der Waals surface area contributed by atoms with Crippen molar-refractivity contribution in [3.8, 4) is 17.2 Å². The van der Waals surface area contributed by atoms with Gasteiger partial charge in [-0.2, -0.15) is 4.68 Å². The van der Waals surface area contributed by atoms with E-state index in [9.17, 15) is 4.39 Å². The Balaban J connectivity index is 1.30. The van der Waals surface area contributed by atoms with Crippen LogP contribution in [0.3, 0.4) is 0 Å². The van der Waals surface area contributed by atoms with Crippen LogP contribution in [0.15, 0.2) is 65.8 Å². The molecule has 0 amide bonds. The van der Waals surface area contributed by atoms with Gasteiger partial charge in [0.15, 0.2) is 11.5 Å². The topological polar surface area (TPSA) is 74.1 Å². The average molecular weight is 534 g/mol. The highest BCUT2D eigenvalue weighted by atomic mass is 35.5. The molecule has 7 nitrogen and oxygen atoms in total. The molecule has 0 saturated carbocycles. The number of benzene rings is 3. The minimum absolute atomic E-state index is 0.131. The van der Waals surface area contributed by atoms with Gasteiger partial charge in [-0.15, -0.1) is 5.10 Å². The third-order valence-corrected chi connectivity index (χ3v) is 6.51. The van der Waals surface area contributed by atoms with Crippen LogP contribution in [0.4, 0.5) is 4.39 Å². The summed E-state index contributed by atoms with van der Waals surface area (Å²) in [4.78, 5) is 0. The first-order valence-electron chi connectivity index (χ1n) is 10.7. The third-order valence-electron chi connectivity index (χ3n) is 4.96. The monoisotopic (exact) mass is 533 g/mol. The van der Waals surface area contributed by atoms with E-state index in [0.29, 0.717) is 28.6 Å². The van der Waals surface area contributed by atoms with Crippen molar-refractivity contribution in [2.24, 2.45) is 0 Å². The summed E-state index contributed by atoms with van der Waals surface area (Å²) in [5, 5.41) is 16.8. The van der Waals surface area contributed by atoms with Crippen LogP contribution in [0.2, 0.25) is 10.0 Å². The second kappa shape index (κ2) is 12.2. The van der Waals surface area contributed by atoms with Crippen LogP contribution in [0.25, 0.3) is 5.69 Å². The second-order valence-corrected chi connectivity index (χ2v) is 9.24. The van der Waals surface area contributed by atoms with Crippen molar-refractivity contribution in [2.45, 2.75) is 18.3 Å². The fraction of sp³-hybridized carbons (Fsp3) is 0.208. The van der Waals surface area contributed by atoms with Crippen molar-refractivity contribution < 1.29 is 13.9 Å². The van der Waals surface area contributed by atoms with Gasteiger partial charge < -0.3 is 14.8 Å². The van der Waals surface area contributed by atoms with E-state index >= 15 is 0 Å². The molecule has 3 aromatic carbocycles. The van der Waals surface area contributed by atoms with Crippen LogP contribution in [0, 0.1) is 5.82 Å². The number of hydrogen-bond donors (Lipinski definition) is 1. The molecule has 4 rings (SSSR count). The van der Waals surface area contributed by atoms with Crippen LogP contribution in [-0.4, -0.2) is 39.6 Å². The van der Waals surface area contributed by atoms with Gasteiger partial charge >= 0.3 is 0 Å². The molecule has 11 heteroatoms. The van der Waals surface area contributed by atoms with Gasteiger partial charge in [0.05, 0.1) is 22.8 Å². The molecular weight excluding hydrogens is 512 g/mol. The number of thioether (sulfide) groups is 1. The molecule has 0 unspecified atom stereocenters. The largest absolute Gasteiger partial charge is 0.493 e. The zero-order chi connectivity index (χ0) is 24.6. The fourth-order valence-corrected chi connectivity index (χ4v) is 4.55. The standard InChI is InChI=1S/C24H22Cl2FN5O2S/c1-33-22-12-16(11-21(26)23(22)34-15-17-7-8-18(27)13-20(17)25)14-28-9-10-35-24-29-30-31-32(24)19-5-3-2-4-6-19/h2-8,11-13,28H,9-10,14-15H2,1H3. The van der Waals surface area contributed by atoms with E-state index in [0.717, 1.165) is 28.7 Å². The van der Waals surface area contributed by atoms with Crippen molar-refractivity contribution in [3.05, 3.63) is 87.7 Å². The van der Waals surface area contributed by atoms with Crippen molar-refractivity contribution in [2.75, 3.05) is 19.4 Å². The van der Waals surface area contributed by atoms with E-state index in [1.165, 1.54) is 12.1 Å². The maximum Gasteiger partial charge on any atom is 0.214 e. The third kappa shape index (κ3) is 6.64. The summed E-state index contributed by atoms with van der Waals surface area (Å²) in [6.07, 6.45) is 0. The lowest BCUT2D eigenvalue weighted by atomic mass is 10.2. The van der Waals surface area contributed by atoms with Gasteiger partial charge in [-0.25, -0.2) is 4.39 Å². The van der Waals surface area contributed by atoms with E-state index in [2.05, 4.69) is 20.8 Å². The number of nitrogens with one attached hydrogen (secondary N) is 1. The number of aromatic nitrogens is 4. The quantitative estimate of drug-likeness (QED) is 0.199. The van der Waals surface area contributed by atoms with E-state index < -0.39 is 5.82 Å². The molecule has 35 heavy (non-hydrogen) atoms. The summed E-state index contributed by atoms with van der Waals surface area (Å²) in [6, 6.07) is 17.6. The summed E-state index contributed by atoms with van der Waals surface area (Å²) >= 11 is 14.1. The van der Waals surface area contributed by atoms with Crippen LogP contribution in [0.1, 0.15) is 11.1 Å². The summed E-state index contributed by atoms with van der Waals surface area (Å²) < 4.78 is 26.3. The molecule has 0 aliphatic carbocycles. The first kappa shape index (κ1) is 25.2. The number of ether oxygens (including phenoxy) is 2. The van der Waals surface area contributed by atoms with Crippen LogP contribution in [-0.2, 0) is 13.2 Å². The molecule has 0 bridgehead atoms. The Hall–Kier alpha value is -2.85. The highest BCUT2D eigenvalue weighted by Crippen LogP contribution is 2.37. The lowest BCUT2D eigenvalue weighted by Crippen LogP contribution is -2.17. The van der Waals surface area contributed by atoms with Gasteiger partial charge in [-0.3, -0.25) is 0 Å². The van der Waals surface area contributed by atoms with Gasteiger partial charge in [-0.05, 0) is 52.4 Å². The molecule has 1 N–H and O–H groups in total. The van der Waals surface area contributed by atoms with Gasteiger partial charge in [0, 0.05) is 24.4 Å². The first-order chi connectivity index (χ1) is 17.0. The van der Waals surface area contributed by atoms with Gasteiger partial charge in [0.1, 0.15) is 12.4 Å². The maximum atomic E-state index is 13.3.